The second-order valence-electron chi connectivity index (χ2n) is 8.43. The Morgan fingerprint density at radius 2 is 1.88 bits per heavy atom. The zero-order chi connectivity index (χ0) is 22.9. The summed E-state index contributed by atoms with van der Waals surface area (Å²) in [5.74, 6) is -1.19. The van der Waals surface area contributed by atoms with E-state index in [2.05, 4.69) is 34.1 Å². The predicted octanol–water partition coefficient (Wildman–Crippen LogP) is 4.31. The highest BCUT2D eigenvalue weighted by Gasteiger charge is 2.32. The Labute approximate surface area is 184 Å². The monoisotopic (exact) mass is 439 g/mol. The molecule has 4 rings (SSSR count). The molecular formula is C23H23F2N5O2. The second kappa shape index (κ2) is 8.49. The summed E-state index contributed by atoms with van der Waals surface area (Å²) >= 11 is 0. The van der Waals surface area contributed by atoms with Gasteiger partial charge in [-0.05, 0) is 36.1 Å². The molecule has 3 aromatic rings. The van der Waals surface area contributed by atoms with E-state index in [0.717, 1.165) is 31.2 Å². The molecule has 0 saturated carbocycles. The number of pyridine rings is 1. The summed E-state index contributed by atoms with van der Waals surface area (Å²) in [4.78, 5) is 27.4. The molecule has 0 aliphatic carbocycles. The van der Waals surface area contributed by atoms with Crippen LogP contribution in [0.4, 0.5) is 20.3 Å². The Bertz CT molecular complexity index is 1150. The molecule has 1 aromatic carbocycles. The molecule has 1 N–H and O–H groups in total. The van der Waals surface area contributed by atoms with E-state index in [9.17, 15) is 13.6 Å². The number of carbonyl (C=O) groups is 1. The number of hydrogen-bond acceptors (Lipinski definition) is 6. The first-order valence-electron chi connectivity index (χ1n) is 10.1. The molecule has 1 aliphatic heterocycles. The van der Waals surface area contributed by atoms with Gasteiger partial charge in [-0.3, -0.25) is 4.79 Å². The van der Waals surface area contributed by atoms with Crippen LogP contribution in [0.1, 0.15) is 30.6 Å². The van der Waals surface area contributed by atoms with Gasteiger partial charge in [-0.1, -0.05) is 13.8 Å². The molecule has 0 bridgehead atoms. The van der Waals surface area contributed by atoms with Gasteiger partial charge < -0.3 is 15.0 Å². The summed E-state index contributed by atoms with van der Waals surface area (Å²) in [7, 11) is 1.42. The Morgan fingerprint density at radius 3 is 2.53 bits per heavy atom. The van der Waals surface area contributed by atoms with Crippen molar-refractivity contribution in [3.8, 4) is 17.1 Å². The van der Waals surface area contributed by atoms with Crippen LogP contribution in [0.2, 0.25) is 0 Å². The Morgan fingerprint density at radius 1 is 1.12 bits per heavy atom. The minimum Gasteiger partial charge on any atom is -0.467 e. The van der Waals surface area contributed by atoms with Crippen molar-refractivity contribution in [1.29, 1.82) is 0 Å². The lowest BCUT2D eigenvalue weighted by molar-refractivity contribution is 0.102. The van der Waals surface area contributed by atoms with Gasteiger partial charge in [0.1, 0.15) is 11.6 Å². The molecule has 1 aliphatic rings. The molecule has 0 atom stereocenters. The van der Waals surface area contributed by atoms with Crippen molar-refractivity contribution in [2.45, 2.75) is 20.3 Å². The first-order chi connectivity index (χ1) is 15.3. The van der Waals surface area contributed by atoms with Crippen molar-refractivity contribution in [3.05, 3.63) is 60.1 Å². The van der Waals surface area contributed by atoms with Crippen LogP contribution in [0.5, 0.6) is 6.01 Å². The summed E-state index contributed by atoms with van der Waals surface area (Å²) in [5.41, 5.74) is 0.920. The van der Waals surface area contributed by atoms with Crippen molar-refractivity contribution in [1.82, 2.24) is 15.0 Å². The number of nitrogens with zero attached hydrogens (tertiary/aromatic N) is 4. The van der Waals surface area contributed by atoms with E-state index in [0.29, 0.717) is 23.6 Å². The van der Waals surface area contributed by atoms with Gasteiger partial charge in [0.05, 0.1) is 18.4 Å². The van der Waals surface area contributed by atoms with E-state index in [-0.39, 0.29) is 22.6 Å². The lowest BCUT2D eigenvalue weighted by Gasteiger charge is -2.25. The van der Waals surface area contributed by atoms with Gasteiger partial charge in [-0.25, -0.2) is 23.7 Å². The Hall–Kier alpha value is -3.62. The van der Waals surface area contributed by atoms with Gasteiger partial charge >= 0.3 is 6.01 Å². The van der Waals surface area contributed by atoms with Crippen molar-refractivity contribution in [2.24, 2.45) is 5.41 Å². The summed E-state index contributed by atoms with van der Waals surface area (Å²) in [6.45, 7) is 5.74. The molecule has 9 heteroatoms. The van der Waals surface area contributed by atoms with Gasteiger partial charge in [-0.2, -0.15) is 0 Å². The maximum absolute atomic E-state index is 14.7. The fourth-order valence-corrected chi connectivity index (χ4v) is 3.76. The number of rotatable bonds is 5. The minimum absolute atomic E-state index is 0.0355. The van der Waals surface area contributed by atoms with Crippen LogP contribution in [0.25, 0.3) is 11.1 Å². The number of benzene rings is 1. The van der Waals surface area contributed by atoms with E-state index in [1.165, 1.54) is 25.7 Å². The summed E-state index contributed by atoms with van der Waals surface area (Å²) in [6, 6.07) is 4.91. The molecule has 3 heterocycles. The number of anilines is 2. The highest BCUT2D eigenvalue weighted by atomic mass is 19.1. The Kier molecular flexibility index (Phi) is 5.73. The average molecular weight is 439 g/mol. The third-order valence-corrected chi connectivity index (χ3v) is 5.44. The third-order valence-electron chi connectivity index (χ3n) is 5.44. The molecule has 0 spiro atoms. The smallest absolute Gasteiger partial charge is 0.316 e. The van der Waals surface area contributed by atoms with Crippen LogP contribution >= 0.6 is 0 Å². The van der Waals surface area contributed by atoms with Crippen molar-refractivity contribution in [3.63, 3.8) is 0 Å². The lowest BCUT2D eigenvalue weighted by Crippen LogP contribution is -2.26. The van der Waals surface area contributed by atoms with E-state index < -0.39 is 17.5 Å². The summed E-state index contributed by atoms with van der Waals surface area (Å²) < 4.78 is 33.5. The molecule has 0 radical (unpaired) electrons. The first kappa shape index (κ1) is 21.6. The van der Waals surface area contributed by atoms with Crippen molar-refractivity contribution >= 4 is 17.4 Å². The fourth-order valence-electron chi connectivity index (χ4n) is 3.76. The van der Waals surface area contributed by atoms with E-state index in [1.54, 1.807) is 6.07 Å². The van der Waals surface area contributed by atoms with Crippen LogP contribution in [0.3, 0.4) is 0 Å². The second-order valence-corrected chi connectivity index (χ2v) is 8.43. The van der Waals surface area contributed by atoms with E-state index in [1.807, 2.05) is 4.90 Å². The van der Waals surface area contributed by atoms with Crippen LogP contribution in [0.15, 0.2) is 42.9 Å². The SMILES string of the molecule is COc1ncc(C(=O)Nc2c(-c3cc(F)ccc3F)ccnc2N2CCC(C)(C)C2)cn1. The zero-order valence-corrected chi connectivity index (χ0v) is 18.0. The molecule has 0 unspecified atom stereocenters. The molecule has 166 valence electrons. The topological polar surface area (TPSA) is 80.2 Å². The molecule has 7 nitrogen and oxygen atoms in total. The van der Waals surface area contributed by atoms with Crippen LogP contribution in [-0.2, 0) is 0 Å². The number of methoxy groups -OCH3 is 1. The number of carbonyl (C=O) groups excluding carboxylic acids is 1. The lowest BCUT2D eigenvalue weighted by atomic mass is 9.93. The molecule has 32 heavy (non-hydrogen) atoms. The quantitative estimate of drug-likeness (QED) is 0.638. The van der Waals surface area contributed by atoms with Gasteiger partial charge in [0.25, 0.3) is 5.91 Å². The van der Waals surface area contributed by atoms with Gasteiger partial charge in [-0.15, -0.1) is 0 Å². The van der Waals surface area contributed by atoms with Crippen molar-refractivity contribution < 1.29 is 18.3 Å². The summed E-state index contributed by atoms with van der Waals surface area (Å²) in [6.07, 6.45) is 5.14. The number of aromatic nitrogens is 3. The van der Waals surface area contributed by atoms with Gasteiger partial charge in [0, 0.05) is 42.8 Å². The molecular weight excluding hydrogens is 416 g/mol. The third kappa shape index (κ3) is 4.37. The van der Waals surface area contributed by atoms with Gasteiger partial charge in [0.2, 0.25) is 0 Å². The Balaban J connectivity index is 1.79. The molecule has 1 fully saturated rings. The predicted molar refractivity (Wildman–Crippen MR) is 117 cm³/mol. The molecule has 1 amide bonds. The highest BCUT2D eigenvalue weighted by Crippen LogP contribution is 2.40. The summed E-state index contributed by atoms with van der Waals surface area (Å²) in [5, 5.41) is 2.83. The number of ether oxygens (including phenoxy) is 1. The first-order valence-corrected chi connectivity index (χ1v) is 10.1. The fraction of sp³-hybridized carbons (Fsp3) is 0.304. The van der Waals surface area contributed by atoms with Gasteiger partial charge in [0.15, 0.2) is 5.82 Å². The van der Waals surface area contributed by atoms with Crippen LogP contribution in [-0.4, -0.2) is 41.1 Å². The number of halogens is 2. The molecule has 2 aromatic heterocycles. The number of nitrogens with one attached hydrogen (secondary N) is 1. The number of amides is 1. The normalized spacial score (nSPS) is 15.0. The standard InChI is InChI=1S/C23H23F2N5O2/c1-23(2)7-9-30(13-23)20-19(29-21(31)14-11-27-22(32-3)28-12-14)16(6-8-26-20)17-10-15(24)4-5-18(17)25/h4-6,8,10-12H,7,9,13H2,1-3H3,(H,29,31). The highest BCUT2D eigenvalue weighted by molar-refractivity contribution is 6.08. The zero-order valence-electron chi connectivity index (χ0n) is 18.0. The van der Waals surface area contributed by atoms with E-state index >= 15 is 0 Å². The largest absolute Gasteiger partial charge is 0.467 e. The van der Waals surface area contributed by atoms with Crippen LogP contribution < -0.4 is 15.0 Å². The number of hydrogen-bond donors (Lipinski definition) is 1. The van der Waals surface area contributed by atoms with E-state index in [4.69, 9.17) is 4.74 Å². The van der Waals surface area contributed by atoms with Crippen LogP contribution in [0, 0.1) is 17.0 Å². The average Bonchev–Trinajstić information content (AvgIpc) is 3.15. The maximum Gasteiger partial charge on any atom is 0.316 e. The minimum atomic E-state index is -0.603. The maximum atomic E-state index is 14.7. The molecule has 1 saturated heterocycles. The van der Waals surface area contributed by atoms with Crippen molar-refractivity contribution in [2.75, 3.05) is 30.4 Å².